The zero-order valence-electron chi connectivity index (χ0n) is 16.6. The molecule has 0 saturated carbocycles. The first kappa shape index (κ1) is 18.7. The van der Waals surface area contributed by atoms with Crippen molar-refractivity contribution in [3.63, 3.8) is 0 Å². The fraction of sp³-hybridized carbons (Fsp3) is 0.409. The number of aromatic nitrogens is 1. The Hall–Kier alpha value is -2.63. The molecular formula is C22H26BN2O3. The van der Waals surface area contributed by atoms with Crippen LogP contribution in [0.2, 0.25) is 6.32 Å². The fourth-order valence-electron chi connectivity index (χ4n) is 4.13. The highest BCUT2D eigenvalue weighted by molar-refractivity contribution is 6.29. The first-order valence-corrected chi connectivity index (χ1v) is 9.85. The van der Waals surface area contributed by atoms with E-state index >= 15 is 0 Å². The summed E-state index contributed by atoms with van der Waals surface area (Å²) in [4.78, 5) is 13.8. The summed E-state index contributed by atoms with van der Waals surface area (Å²) in [6.45, 7) is 10.7. The lowest BCUT2D eigenvalue weighted by atomic mass is 9.83. The Balaban J connectivity index is 1.36. The summed E-state index contributed by atoms with van der Waals surface area (Å²) in [6.07, 6.45) is 4.81. The second-order valence-corrected chi connectivity index (χ2v) is 7.94. The van der Waals surface area contributed by atoms with Crippen LogP contribution in [0.5, 0.6) is 11.5 Å². The second kappa shape index (κ2) is 7.42. The molecule has 0 amide bonds. The van der Waals surface area contributed by atoms with Crippen molar-refractivity contribution in [3.8, 4) is 11.5 Å². The third kappa shape index (κ3) is 3.43. The monoisotopic (exact) mass is 377 g/mol. The summed E-state index contributed by atoms with van der Waals surface area (Å²) >= 11 is 0. The van der Waals surface area contributed by atoms with Gasteiger partial charge in [0, 0.05) is 31.0 Å². The number of benzene rings is 1. The van der Waals surface area contributed by atoms with Gasteiger partial charge in [0.15, 0.2) is 5.75 Å². The Bertz CT molecular complexity index is 976. The minimum atomic E-state index is -0.342. The number of aromatic hydroxyl groups is 1. The van der Waals surface area contributed by atoms with E-state index in [9.17, 15) is 9.90 Å². The first-order chi connectivity index (χ1) is 13.4. The number of hydrogen-bond acceptors (Lipinski definition) is 4. The summed E-state index contributed by atoms with van der Waals surface area (Å²) < 4.78 is 7.66. The molecule has 0 atom stereocenters. The highest BCUT2D eigenvalue weighted by Crippen LogP contribution is 2.33. The molecule has 1 saturated heterocycles. The molecular weight excluding hydrogens is 351 g/mol. The van der Waals surface area contributed by atoms with Crippen LogP contribution in [0.4, 0.5) is 0 Å². The van der Waals surface area contributed by atoms with Crippen molar-refractivity contribution in [2.45, 2.75) is 39.6 Å². The van der Waals surface area contributed by atoms with E-state index in [0.717, 1.165) is 43.7 Å². The van der Waals surface area contributed by atoms with Crippen LogP contribution < -0.4 is 10.1 Å². The Morgan fingerprint density at radius 1 is 1.32 bits per heavy atom. The SMILES string of the molecule is C=C(Cn1ccc(=O)c(O)c1C)N1CC(Cc2ccc3c(c2C)O[B]CC3)C1. The van der Waals surface area contributed by atoms with Crippen molar-refractivity contribution in [3.05, 3.63) is 69.3 Å². The van der Waals surface area contributed by atoms with E-state index in [0.29, 0.717) is 18.2 Å². The van der Waals surface area contributed by atoms with E-state index in [4.69, 9.17) is 4.65 Å². The van der Waals surface area contributed by atoms with E-state index in [2.05, 4.69) is 30.5 Å². The van der Waals surface area contributed by atoms with Gasteiger partial charge in [-0.3, -0.25) is 4.79 Å². The summed E-state index contributed by atoms with van der Waals surface area (Å²) in [5.74, 6) is 1.47. The van der Waals surface area contributed by atoms with Crippen molar-refractivity contribution in [2.24, 2.45) is 5.92 Å². The molecule has 28 heavy (non-hydrogen) atoms. The van der Waals surface area contributed by atoms with Gasteiger partial charge >= 0.3 is 7.48 Å². The van der Waals surface area contributed by atoms with Crippen LogP contribution in [0.1, 0.15) is 22.4 Å². The molecule has 2 aromatic rings. The first-order valence-electron chi connectivity index (χ1n) is 9.85. The number of rotatable bonds is 5. The number of likely N-dealkylation sites (tertiary alicyclic amines) is 1. The van der Waals surface area contributed by atoms with E-state index in [1.54, 1.807) is 13.1 Å². The third-order valence-corrected chi connectivity index (χ3v) is 6.01. The second-order valence-electron chi connectivity index (χ2n) is 7.94. The molecule has 1 fully saturated rings. The summed E-state index contributed by atoms with van der Waals surface area (Å²) in [6, 6.07) is 5.87. The molecule has 3 heterocycles. The molecule has 0 aliphatic carbocycles. The van der Waals surface area contributed by atoms with Crippen molar-refractivity contribution >= 4 is 7.48 Å². The number of aryl methyl sites for hydroxylation is 1. The summed E-state index contributed by atoms with van der Waals surface area (Å²) in [5.41, 5.74) is 5.18. The van der Waals surface area contributed by atoms with Crippen LogP contribution in [0, 0.1) is 19.8 Å². The van der Waals surface area contributed by atoms with Gasteiger partial charge in [0.05, 0.1) is 12.2 Å². The highest BCUT2D eigenvalue weighted by Gasteiger charge is 2.29. The third-order valence-electron chi connectivity index (χ3n) is 6.01. The number of nitrogens with zero attached hydrogens (tertiary/aromatic N) is 2. The van der Waals surface area contributed by atoms with Gasteiger partial charge in [0.1, 0.15) is 5.75 Å². The summed E-state index contributed by atoms with van der Waals surface area (Å²) in [7, 11) is 1.91. The van der Waals surface area contributed by atoms with Crippen molar-refractivity contribution < 1.29 is 9.76 Å². The molecule has 1 aromatic carbocycles. The van der Waals surface area contributed by atoms with Crippen LogP contribution in [0.15, 0.2) is 41.5 Å². The quantitative estimate of drug-likeness (QED) is 0.815. The average molecular weight is 377 g/mol. The Labute approximate surface area is 166 Å². The number of hydrogen-bond donors (Lipinski definition) is 1. The minimum Gasteiger partial charge on any atom is -0.563 e. The number of pyridine rings is 1. The zero-order valence-corrected chi connectivity index (χ0v) is 16.6. The maximum atomic E-state index is 11.5. The van der Waals surface area contributed by atoms with Gasteiger partial charge < -0.3 is 19.2 Å². The molecule has 6 heteroatoms. The van der Waals surface area contributed by atoms with Gasteiger partial charge in [-0.15, -0.1) is 0 Å². The van der Waals surface area contributed by atoms with Crippen molar-refractivity contribution in [2.75, 3.05) is 13.1 Å². The van der Waals surface area contributed by atoms with Crippen molar-refractivity contribution in [1.82, 2.24) is 9.47 Å². The predicted molar refractivity (Wildman–Crippen MR) is 111 cm³/mol. The summed E-state index contributed by atoms with van der Waals surface area (Å²) in [5, 5.41) is 9.84. The lowest BCUT2D eigenvalue weighted by Gasteiger charge is -2.43. The molecule has 4 rings (SSSR count). The van der Waals surface area contributed by atoms with Gasteiger partial charge in [-0.2, -0.15) is 0 Å². The van der Waals surface area contributed by atoms with Crippen LogP contribution >= 0.6 is 0 Å². The molecule has 1 N–H and O–H groups in total. The van der Waals surface area contributed by atoms with Gasteiger partial charge in [-0.05, 0) is 55.6 Å². The molecule has 0 bridgehead atoms. The molecule has 1 aromatic heterocycles. The van der Waals surface area contributed by atoms with Gasteiger partial charge in [-0.25, -0.2) is 0 Å². The topological polar surface area (TPSA) is 54.7 Å². The smallest absolute Gasteiger partial charge is 0.370 e. The van der Waals surface area contributed by atoms with Crippen LogP contribution in [-0.2, 0) is 19.4 Å². The zero-order chi connectivity index (χ0) is 19.8. The number of fused-ring (bicyclic) bond motifs is 1. The predicted octanol–water partition coefficient (Wildman–Crippen LogP) is 2.83. The maximum Gasteiger partial charge on any atom is 0.370 e. The lowest BCUT2D eigenvalue weighted by Crippen LogP contribution is -2.47. The Morgan fingerprint density at radius 3 is 2.89 bits per heavy atom. The van der Waals surface area contributed by atoms with E-state index in [1.165, 1.54) is 22.8 Å². The van der Waals surface area contributed by atoms with E-state index < -0.39 is 0 Å². The fourth-order valence-corrected chi connectivity index (χ4v) is 4.13. The van der Waals surface area contributed by atoms with Gasteiger partial charge in [-0.1, -0.05) is 18.7 Å². The van der Waals surface area contributed by atoms with Crippen LogP contribution in [-0.4, -0.2) is 35.1 Å². The minimum absolute atomic E-state index is 0.181. The largest absolute Gasteiger partial charge is 0.563 e. The normalized spacial score (nSPS) is 16.0. The standard InChI is InChI=1S/C22H26BN2O3/c1-14(11-24-9-7-20(26)21(27)16(24)3)25-12-17(13-25)10-19-5-4-18-6-8-23-28-22(18)15(19)2/h4-5,7,9,17,27H,1,6,8,10-13H2,2-3H3. The van der Waals surface area contributed by atoms with Crippen LogP contribution in [0.25, 0.3) is 0 Å². The molecule has 1 radical (unpaired) electrons. The van der Waals surface area contributed by atoms with Crippen LogP contribution in [0.3, 0.4) is 0 Å². The number of allylic oxidation sites excluding steroid dienone is 1. The Morgan fingerprint density at radius 2 is 2.11 bits per heavy atom. The van der Waals surface area contributed by atoms with Crippen molar-refractivity contribution in [1.29, 1.82) is 0 Å². The maximum absolute atomic E-state index is 11.5. The van der Waals surface area contributed by atoms with E-state index in [1.807, 2.05) is 12.0 Å². The highest BCUT2D eigenvalue weighted by atomic mass is 16.4. The molecule has 5 nitrogen and oxygen atoms in total. The van der Waals surface area contributed by atoms with Gasteiger partial charge in [0.2, 0.25) is 5.43 Å². The van der Waals surface area contributed by atoms with E-state index in [-0.39, 0.29) is 11.2 Å². The average Bonchev–Trinajstić information content (AvgIpc) is 2.66. The molecule has 0 unspecified atom stereocenters. The molecule has 2 aliphatic heterocycles. The Kier molecular flexibility index (Phi) is 4.96. The lowest BCUT2D eigenvalue weighted by molar-refractivity contribution is 0.136. The van der Waals surface area contributed by atoms with Gasteiger partial charge in [0.25, 0.3) is 0 Å². The molecule has 2 aliphatic rings. The molecule has 0 spiro atoms. The molecule has 145 valence electrons.